The second-order valence-corrected chi connectivity index (χ2v) is 7.20. The second-order valence-electron chi connectivity index (χ2n) is 6.16. The molecule has 154 valence electrons. The molecule has 1 aliphatic heterocycles. The molecule has 0 aliphatic carbocycles. The van der Waals surface area contributed by atoms with Crippen LogP contribution in [0.15, 0.2) is 52.0 Å². The SMILES string of the molecule is O=C(COC(=O)[C@@H]1CCCN1C(=O)c1ccco1)Nc1ccccc1SC(F)F. The van der Waals surface area contributed by atoms with Gasteiger partial charge >= 0.3 is 5.97 Å². The number of hydrogen-bond donors (Lipinski definition) is 1. The summed E-state index contributed by atoms with van der Waals surface area (Å²) in [6, 6.07) is 8.37. The molecule has 1 aliphatic rings. The number of amides is 2. The van der Waals surface area contributed by atoms with Gasteiger partial charge in [0.15, 0.2) is 12.4 Å². The normalized spacial score (nSPS) is 16.1. The highest BCUT2D eigenvalue weighted by molar-refractivity contribution is 7.99. The number of furan rings is 1. The highest BCUT2D eigenvalue weighted by Gasteiger charge is 2.36. The van der Waals surface area contributed by atoms with E-state index in [0.29, 0.717) is 31.1 Å². The quantitative estimate of drug-likeness (QED) is 0.542. The maximum atomic E-state index is 12.6. The van der Waals surface area contributed by atoms with Crippen molar-refractivity contribution < 1.29 is 32.3 Å². The lowest BCUT2D eigenvalue weighted by Gasteiger charge is -2.22. The zero-order chi connectivity index (χ0) is 20.8. The number of thioether (sulfide) groups is 1. The molecule has 1 saturated heterocycles. The first kappa shape index (κ1) is 20.8. The van der Waals surface area contributed by atoms with Crippen molar-refractivity contribution >= 4 is 35.2 Å². The number of para-hydroxylation sites is 1. The molecule has 3 rings (SSSR count). The Labute approximate surface area is 169 Å². The van der Waals surface area contributed by atoms with Gasteiger partial charge in [0.05, 0.1) is 12.0 Å². The average Bonchev–Trinajstić information content (AvgIpc) is 3.38. The van der Waals surface area contributed by atoms with Gasteiger partial charge in [-0.05, 0) is 37.1 Å². The fraction of sp³-hybridized carbons (Fsp3) is 0.316. The van der Waals surface area contributed by atoms with Crippen molar-refractivity contribution in [2.24, 2.45) is 0 Å². The summed E-state index contributed by atoms with van der Waals surface area (Å²) in [5, 5.41) is 2.45. The first-order chi connectivity index (χ1) is 14.0. The molecule has 0 saturated carbocycles. The Balaban J connectivity index is 1.55. The number of esters is 1. The van der Waals surface area contributed by atoms with E-state index in [1.807, 2.05) is 0 Å². The van der Waals surface area contributed by atoms with E-state index in [-0.39, 0.29) is 16.3 Å². The molecule has 2 amide bonds. The minimum absolute atomic E-state index is 0.121. The van der Waals surface area contributed by atoms with E-state index in [2.05, 4.69) is 5.32 Å². The lowest BCUT2D eigenvalue weighted by Crippen LogP contribution is -2.42. The Bertz CT molecular complexity index is 875. The van der Waals surface area contributed by atoms with Crippen LogP contribution in [0.25, 0.3) is 0 Å². The highest BCUT2D eigenvalue weighted by atomic mass is 32.2. The van der Waals surface area contributed by atoms with Crippen molar-refractivity contribution in [2.75, 3.05) is 18.5 Å². The molecule has 0 unspecified atom stereocenters. The highest BCUT2D eigenvalue weighted by Crippen LogP contribution is 2.31. The molecule has 7 nitrogen and oxygen atoms in total. The van der Waals surface area contributed by atoms with Crippen molar-refractivity contribution in [1.29, 1.82) is 0 Å². The van der Waals surface area contributed by atoms with Crippen LogP contribution in [0.2, 0.25) is 0 Å². The van der Waals surface area contributed by atoms with E-state index in [9.17, 15) is 23.2 Å². The predicted molar refractivity (Wildman–Crippen MR) is 101 cm³/mol. The average molecular weight is 424 g/mol. The van der Waals surface area contributed by atoms with Crippen molar-refractivity contribution in [3.05, 3.63) is 48.4 Å². The Morgan fingerprint density at radius 3 is 2.76 bits per heavy atom. The van der Waals surface area contributed by atoms with Gasteiger partial charge in [-0.25, -0.2) is 4.79 Å². The summed E-state index contributed by atoms with van der Waals surface area (Å²) in [6.07, 6.45) is 2.41. The van der Waals surface area contributed by atoms with Gasteiger partial charge in [0.1, 0.15) is 6.04 Å². The van der Waals surface area contributed by atoms with Crippen LogP contribution < -0.4 is 5.32 Å². The molecular weight excluding hydrogens is 406 g/mol. The summed E-state index contributed by atoms with van der Waals surface area (Å²) in [5.41, 5.74) is 0.203. The zero-order valence-electron chi connectivity index (χ0n) is 15.2. The van der Waals surface area contributed by atoms with E-state index < -0.39 is 36.2 Å². The number of carbonyl (C=O) groups excluding carboxylic acids is 3. The van der Waals surface area contributed by atoms with Crippen LogP contribution in [-0.4, -0.2) is 47.6 Å². The summed E-state index contributed by atoms with van der Waals surface area (Å²) in [5.74, 6) is -4.30. The number of nitrogens with one attached hydrogen (secondary N) is 1. The predicted octanol–water partition coefficient (Wildman–Crippen LogP) is 3.38. The minimum Gasteiger partial charge on any atom is -0.459 e. The van der Waals surface area contributed by atoms with Gasteiger partial charge in [-0.2, -0.15) is 8.78 Å². The van der Waals surface area contributed by atoms with Gasteiger partial charge in [-0.15, -0.1) is 0 Å². The smallest absolute Gasteiger partial charge is 0.329 e. The second kappa shape index (κ2) is 9.55. The standard InChI is InChI=1S/C19H18F2N2O5S/c20-19(21)29-15-8-2-1-5-12(15)22-16(24)11-28-18(26)13-6-3-9-23(13)17(25)14-7-4-10-27-14/h1-2,4-5,7-8,10,13,19H,3,6,9,11H2,(H,22,24)/t13-/m0/s1. The van der Waals surface area contributed by atoms with Crippen LogP contribution in [-0.2, 0) is 14.3 Å². The Hall–Kier alpha value is -2.88. The Morgan fingerprint density at radius 2 is 2.03 bits per heavy atom. The molecule has 1 atom stereocenters. The summed E-state index contributed by atoms with van der Waals surface area (Å²) in [6.45, 7) is -0.213. The fourth-order valence-electron chi connectivity index (χ4n) is 2.98. The Morgan fingerprint density at radius 1 is 1.24 bits per heavy atom. The number of carbonyl (C=O) groups is 3. The van der Waals surface area contributed by atoms with Gasteiger partial charge in [0.25, 0.3) is 17.6 Å². The lowest BCUT2D eigenvalue weighted by atomic mass is 10.2. The molecule has 1 aromatic heterocycles. The maximum absolute atomic E-state index is 12.6. The molecule has 1 fully saturated rings. The van der Waals surface area contributed by atoms with E-state index in [1.165, 1.54) is 29.4 Å². The molecular formula is C19H18F2N2O5S. The first-order valence-corrected chi connectivity index (χ1v) is 9.68. The molecule has 0 radical (unpaired) electrons. The number of ether oxygens (including phenoxy) is 1. The van der Waals surface area contributed by atoms with E-state index in [4.69, 9.17) is 9.15 Å². The molecule has 2 heterocycles. The first-order valence-electron chi connectivity index (χ1n) is 8.80. The van der Waals surface area contributed by atoms with Gasteiger partial charge in [0.2, 0.25) is 0 Å². The summed E-state index contributed by atoms with van der Waals surface area (Å²) in [7, 11) is 0. The van der Waals surface area contributed by atoms with E-state index >= 15 is 0 Å². The number of nitrogens with zero attached hydrogens (tertiary/aromatic N) is 1. The third-order valence-corrected chi connectivity index (χ3v) is 5.03. The van der Waals surface area contributed by atoms with Crippen LogP contribution in [0.5, 0.6) is 0 Å². The lowest BCUT2D eigenvalue weighted by molar-refractivity contribution is -0.151. The van der Waals surface area contributed by atoms with Crippen molar-refractivity contribution in [2.45, 2.75) is 29.5 Å². The van der Waals surface area contributed by atoms with Crippen molar-refractivity contribution in [3.63, 3.8) is 0 Å². The third kappa shape index (κ3) is 5.35. The van der Waals surface area contributed by atoms with E-state index in [0.717, 1.165) is 0 Å². The largest absolute Gasteiger partial charge is 0.459 e. The third-order valence-electron chi connectivity index (χ3n) is 4.24. The summed E-state index contributed by atoms with van der Waals surface area (Å²) < 4.78 is 35.3. The van der Waals surface area contributed by atoms with Crippen molar-refractivity contribution in [3.8, 4) is 0 Å². The van der Waals surface area contributed by atoms with Gasteiger partial charge in [-0.3, -0.25) is 9.59 Å². The van der Waals surface area contributed by atoms with Crippen LogP contribution in [0.1, 0.15) is 23.4 Å². The molecule has 29 heavy (non-hydrogen) atoms. The molecule has 0 spiro atoms. The summed E-state index contributed by atoms with van der Waals surface area (Å²) in [4.78, 5) is 38.4. The number of alkyl halides is 2. The monoisotopic (exact) mass is 424 g/mol. The maximum Gasteiger partial charge on any atom is 0.329 e. The van der Waals surface area contributed by atoms with Crippen molar-refractivity contribution in [1.82, 2.24) is 4.90 Å². The fourth-order valence-corrected chi connectivity index (χ4v) is 3.58. The molecule has 10 heteroatoms. The molecule has 2 aromatic rings. The number of rotatable bonds is 7. The van der Waals surface area contributed by atoms with Crippen LogP contribution in [0, 0.1) is 0 Å². The van der Waals surface area contributed by atoms with Gasteiger partial charge < -0.3 is 19.4 Å². The molecule has 0 bridgehead atoms. The number of anilines is 1. The van der Waals surface area contributed by atoms with Crippen LogP contribution in [0.4, 0.5) is 14.5 Å². The zero-order valence-corrected chi connectivity index (χ0v) is 16.0. The number of likely N-dealkylation sites (tertiary alicyclic amines) is 1. The minimum atomic E-state index is -2.63. The number of benzene rings is 1. The number of hydrogen-bond acceptors (Lipinski definition) is 6. The molecule has 1 aromatic carbocycles. The number of halogens is 2. The molecule has 1 N–H and O–H groups in total. The van der Waals surface area contributed by atoms with Gasteiger partial charge in [0, 0.05) is 11.4 Å². The van der Waals surface area contributed by atoms with E-state index in [1.54, 1.807) is 18.2 Å². The van der Waals surface area contributed by atoms with Crippen LogP contribution in [0.3, 0.4) is 0 Å². The van der Waals surface area contributed by atoms with Crippen LogP contribution >= 0.6 is 11.8 Å². The topological polar surface area (TPSA) is 88.9 Å². The Kier molecular flexibility index (Phi) is 6.86. The summed E-state index contributed by atoms with van der Waals surface area (Å²) >= 11 is 0.305. The van der Waals surface area contributed by atoms with Gasteiger partial charge in [-0.1, -0.05) is 23.9 Å².